The molecule has 0 atom stereocenters. The smallest absolute Gasteiger partial charge is 0.0994 e. The Morgan fingerprint density at radius 2 is 1.80 bits per heavy atom. The fraction of sp³-hybridized carbons (Fsp3) is 1.00. The maximum Gasteiger partial charge on any atom is 0.0994 e. The molecule has 62 valence electrons. The van der Waals surface area contributed by atoms with Crippen LogP contribution in [0.5, 0.6) is 0 Å². The second-order valence-corrected chi connectivity index (χ2v) is 3.56. The molecular weight excluding hydrogens is 126 g/mol. The first kappa shape index (κ1) is 9.92. The number of rotatable bonds is 3. The predicted molar refractivity (Wildman–Crippen MR) is 44.0 cm³/mol. The lowest BCUT2D eigenvalue weighted by Crippen LogP contribution is -2.29. The second-order valence-electron chi connectivity index (χ2n) is 3.56. The maximum atomic E-state index is 5.51. The molecule has 0 amide bonds. The Balaban J connectivity index is 3.36. The van der Waals surface area contributed by atoms with Gasteiger partial charge >= 0.3 is 0 Å². The van der Waals surface area contributed by atoms with Crippen LogP contribution in [-0.4, -0.2) is 30.8 Å². The molecule has 0 saturated carbocycles. The van der Waals surface area contributed by atoms with Crippen LogP contribution < -0.4 is 0 Å². The van der Waals surface area contributed by atoms with Crippen molar-refractivity contribution in [1.29, 1.82) is 0 Å². The van der Waals surface area contributed by atoms with Crippen LogP contribution in [0.4, 0.5) is 0 Å². The zero-order valence-corrected chi connectivity index (χ0v) is 7.77. The Bertz CT molecular complexity index is 85.7. The Morgan fingerprint density at radius 3 is 2.10 bits per heavy atom. The van der Waals surface area contributed by atoms with Gasteiger partial charge < -0.3 is 4.74 Å². The average molecular weight is 145 g/mol. The molecule has 2 nitrogen and oxygen atoms in total. The van der Waals surface area contributed by atoms with Crippen LogP contribution in [0.3, 0.4) is 0 Å². The fourth-order valence-corrected chi connectivity index (χ4v) is 0.395. The Kier molecular flexibility index (Phi) is 3.91. The summed E-state index contributed by atoms with van der Waals surface area (Å²) >= 11 is 0. The number of hydrogen-bond donors (Lipinski definition) is 0. The molecule has 0 aromatic carbocycles. The molecule has 0 aromatic heterocycles. The van der Waals surface area contributed by atoms with Crippen LogP contribution in [0.15, 0.2) is 0 Å². The minimum absolute atomic E-state index is 0.0105. The summed E-state index contributed by atoms with van der Waals surface area (Å²) in [4.78, 5) is 2.13. The van der Waals surface area contributed by atoms with Crippen LogP contribution in [0, 0.1) is 0 Å². The largest absolute Gasteiger partial charge is 0.361 e. The van der Waals surface area contributed by atoms with E-state index in [0.29, 0.717) is 0 Å². The van der Waals surface area contributed by atoms with Crippen molar-refractivity contribution in [2.45, 2.75) is 33.3 Å². The van der Waals surface area contributed by atoms with Crippen LogP contribution in [-0.2, 0) is 4.74 Å². The summed E-state index contributed by atoms with van der Waals surface area (Å²) in [6.07, 6.45) is 0. The molecule has 0 aliphatic carbocycles. The van der Waals surface area contributed by atoms with Crippen molar-refractivity contribution in [1.82, 2.24) is 4.90 Å². The lowest BCUT2D eigenvalue weighted by Gasteiger charge is -2.23. The molecule has 0 aliphatic rings. The van der Waals surface area contributed by atoms with Crippen molar-refractivity contribution in [3.05, 3.63) is 0 Å². The molecular formula is C8H19NO. The van der Waals surface area contributed by atoms with Gasteiger partial charge in [0.2, 0.25) is 0 Å². The predicted octanol–water partition coefficient (Wildman–Crippen LogP) is 1.71. The first-order chi connectivity index (χ1) is 4.45. The van der Waals surface area contributed by atoms with E-state index in [2.05, 4.69) is 32.6 Å². The molecule has 0 aliphatic heterocycles. The summed E-state index contributed by atoms with van der Waals surface area (Å²) < 4.78 is 5.51. The molecule has 2 heteroatoms. The van der Waals surface area contributed by atoms with Crippen LogP contribution in [0.1, 0.15) is 27.7 Å². The molecule has 0 bridgehead atoms. The zero-order chi connectivity index (χ0) is 8.20. The molecule has 0 radical (unpaired) electrons. The highest BCUT2D eigenvalue weighted by Gasteiger charge is 2.09. The highest BCUT2D eigenvalue weighted by Crippen LogP contribution is 2.06. The highest BCUT2D eigenvalue weighted by atomic mass is 16.5. The van der Waals surface area contributed by atoms with Gasteiger partial charge in [-0.2, -0.15) is 0 Å². The van der Waals surface area contributed by atoms with Gasteiger partial charge in [0, 0.05) is 0 Å². The summed E-state index contributed by atoms with van der Waals surface area (Å²) in [6.45, 7) is 10.1. The zero-order valence-electron chi connectivity index (χ0n) is 7.77. The van der Waals surface area contributed by atoms with Gasteiger partial charge in [-0.05, 0) is 34.4 Å². The Labute approximate surface area is 64.2 Å². The van der Waals surface area contributed by atoms with E-state index in [9.17, 15) is 0 Å². The summed E-state index contributed by atoms with van der Waals surface area (Å²) in [5.74, 6) is 0. The minimum atomic E-state index is -0.0105. The molecule has 0 heterocycles. The Morgan fingerprint density at radius 1 is 1.30 bits per heavy atom. The maximum absolute atomic E-state index is 5.51. The van der Waals surface area contributed by atoms with Crippen molar-refractivity contribution in [3.63, 3.8) is 0 Å². The normalized spacial score (nSPS) is 12.6. The standard InChI is InChI=1S/C8H19NO/c1-6-9(5)7-10-8(2,3)4/h6-7H2,1-5H3. The van der Waals surface area contributed by atoms with E-state index in [-0.39, 0.29) is 5.60 Å². The van der Waals surface area contributed by atoms with E-state index in [1.165, 1.54) is 0 Å². The van der Waals surface area contributed by atoms with Gasteiger partial charge in [-0.1, -0.05) is 6.92 Å². The second kappa shape index (κ2) is 3.94. The monoisotopic (exact) mass is 145 g/mol. The molecule has 0 fully saturated rings. The van der Waals surface area contributed by atoms with Gasteiger partial charge in [0.15, 0.2) is 0 Å². The van der Waals surface area contributed by atoms with Gasteiger partial charge in [0.05, 0.1) is 12.3 Å². The topological polar surface area (TPSA) is 12.5 Å². The first-order valence-corrected chi connectivity index (χ1v) is 3.78. The Hall–Kier alpha value is -0.0800. The highest BCUT2D eigenvalue weighted by molar-refractivity contribution is 4.57. The molecule has 0 N–H and O–H groups in total. The van der Waals surface area contributed by atoms with Crippen LogP contribution in [0.2, 0.25) is 0 Å². The van der Waals surface area contributed by atoms with Crippen molar-refractivity contribution >= 4 is 0 Å². The summed E-state index contributed by atoms with van der Waals surface area (Å²) in [6, 6.07) is 0. The van der Waals surface area contributed by atoms with Crippen molar-refractivity contribution in [2.24, 2.45) is 0 Å². The molecule has 0 spiro atoms. The van der Waals surface area contributed by atoms with Gasteiger partial charge in [-0.25, -0.2) is 0 Å². The van der Waals surface area contributed by atoms with Gasteiger partial charge in [0.25, 0.3) is 0 Å². The van der Waals surface area contributed by atoms with E-state index in [1.807, 2.05) is 7.05 Å². The lowest BCUT2D eigenvalue weighted by atomic mass is 10.2. The fourth-order valence-electron chi connectivity index (χ4n) is 0.395. The van der Waals surface area contributed by atoms with Crippen molar-refractivity contribution in [3.8, 4) is 0 Å². The summed E-state index contributed by atoms with van der Waals surface area (Å²) in [5.41, 5.74) is -0.0105. The summed E-state index contributed by atoms with van der Waals surface area (Å²) in [7, 11) is 2.05. The van der Waals surface area contributed by atoms with Crippen LogP contribution >= 0.6 is 0 Å². The minimum Gasteiger partial charge on any atom is -0.361 e. The van der Waals surface area contributed by atoms with E-state index in [4.69, 9.17) is 4.74 Å². The number of ether oxygens (including phenoxy) is 1. The number of hydrogen-bond acceptors (Lipinski definition) is 2. The summed E-state index contributed by atoms with van der Waals surface area (Å²) in [5, 5.41) is 0. The first-order valence-electron chi connectivity index (χ1n) is 3.78. The van der Waals surface area contributed by atoms with E-state index in [1.54, 1.807) is 0 Å². The third-order valence-corrected chi connectivity index (χ3v) is 1.26. The van der Waals surface area contributed by atoms with Gasteiger partial charge in [-0.15, -0.1) is 0 Å². The average Bonchev–Trinajstić information content (AvgIpc) is 1.81. The van der Waals surface area contributed by atoms with Crippen LogP contribution in [0.25, 0.3) is 0 Å². The quantitative estimate of drug-likeness (QED) is 0.560. The third kappa shape index (κ3) is 6.05. The third-order valence-electron chi connectivity index (χ3n) is 1.26. The molecule has 10 heavy (non-hydrogen) atoms. The molecule has 0 saturated heterocycles. The van der Waals surface area contributed by atoms with Crippen molar-refractivity contribution in [2.75, 3.05) is 20.3 Å². The van der Waals surface area contributed by atoms with Gasteiger partial charge in [-0.3, -0.25) is 4.90 Å². The van der Waals surface area contributed by atoms with E-state index >= 15 is 0 Å². The van der Waals surface area contributed by atoms with E-state index in [0.717, 1.165) is 13.3 Å². The van der Waals surface area contributed by atoms with Gasteiger partial charge in [0.1, 0.15) is 0 Å². The van der Waals surface area contributed by atoms with E-state index < -0.39 is 0 Å². The SMILES string of the molecule is CCN(C)COC(C)(C)C. The molecule has 0 unspecified atom stereocenters. The lowest BCUT2D eigenvalue weighted by molar-refractivity contribution is -0.0544. The number of nitrogens with zero attached hydrogens (tertiary/aromatic N) is 1. The molecule has 0 aromatic rings. The molecule has 0 rings (SSSR count). The van der Waals surface area contributed by atoms with Crippen molar-refractivity contribution < 1.29 is 4.74 Å².